The van der Waals surface area contributed by atoms with Crippen molar-refractivity contribution in [2.24, 2.45) is 20.5 Å². The molecule has 0 aliphatic carbocycles. The molecule has 364 valence electrons. The number of aromatic amines is 1. The van der Waals surface area contributed by atoms with Gasteiger partial charge in [-0.05, 0) is 87.6 Å². The number of carbonyl (C=O) groups excluding carboxylic acids is 1. The van der Waals surface area contributed by atoms with E-state index in [-0.39, 0.29) is 48.7 Å². The molecule has 5 rings (SSSR count). The normalized spacial score (nSPS) is 16.8. The lowest BCUT2D eigenvalue weighted by molar-refractivity contribution is -0.384. The quantitative estimate of drug-likeness (QED) is 0.0166. The Morgan fingerprint density at radius 3 is 2.35 bits per heavy atom. The van der Waals surface area contributed by atoms with Crippen molar-refractivity contribution in [3.8, 4) is 17.6 Å². The first-order valence-electron chi connectivity index (χ1n) is 20.2. The van der Waals surface area contributed by atoms with Crippen molar-refractivity contribution in [3.63, 3.8) is 0 Å². The number of H-pyrrole nitrogens is 1. The molecule has 26 nitrogen and oxygen atoms in total. The number of hydrogen-bond donors (Lipinski definition) is 6. The number of aryl methyl sites for hydroxylation is 2. The number of anilines is 1. The summed E-state index contributed by atoms with van der Waals surface area (Å²) >= 11 is 0. The fourth-order valence-electron chi connectivity index (χ4n) is 6.38. The van der Waals surface area contributed by atoms with Crippen LogP contribution in [0.1, 0.15) is 55.5 Å². The number of phosphoric acid groups is 3. The highest BCUT2D eigenvalue weighted by Crippen LogP contribution is 2.66. The fraction of sp³-hybridized carbons (Fsp3) is 0.359. The smallest absolute Gasteiger partial charge is 0.490 e. The van der Waals surface area contributed by atoms with Crippen LogP contribution in [-0.2, 0) is 36.4 Å². The maximum atomic E-state index is 12.6. The van der Waals surface area contributed by atoms with Crippen LogP contribution in [-0.4, -0.2) is 79.4 Å². The first kappa shape index (κ1) is 52.9. The predicted octanol–water partition coefficient (Wildman–Crippen LogP) is 6.70. The summed E-state index contributed by atoms with van der Waals surface area (Å²) in [6.45, 7) is 5.88. The molecule has 2 unspecified atom stereocenters. The van der Waals surface area contributed by atoms with Gasteiger partial charge in [-0.15, -0.1) is 15.3 Å². The zero-order valence-electron chi connectivity index (χ0n) is 36.7. The van der Waals surface area contributed by atoms with Crippen LogP contribution < -0.4 is 26.2 Å². The Morgan fingerprint density at radius 2 is 1.68 bits per heavy atom. The summed E-state index contributed by atoms with van der Waals surface area (Å²) in [4.78, 5) is 89.1. The second-order valence-electron chi connectivity index (χ2n) is 14.6. The number of amides is 1. The van der Waals surface area contributed by atoms with Crippen LogP contribution in [0.15, 0.2) is 90.8 Å². The molecule has 0 radical (unpaired) electrons. The van der Waals surface area contributed by atoms with Gasteiger partial charge < -0.3 is 39.3 Å². The van der Waals surface area contributed by atoms with Gasteiger partial charge in [-0.25, -0.2) is 18.5 Å². The van der Waals surface area contributed by atoms with Crippen LogP contribution in [0.4, 0.5) is 34.1 Å². The Morgan fingerprint density at radius 1 is 0.971 bits per heavy atom. The second-order valence-corrected chi connectivity index (χ2v) is 19.0. The van der Waals surface area contributed by atoms with Crippen molar-refractivity contribution < 1.29 is 65.6 Å². The highest BCUT2D eigenvalue weighted by atomic mass is 31.3. The zero-order valence-corrected chi connectivity index (χ0v) is 39.3. The number of nitro benzene ring substituents is 1. The summed E-state index contributed by atoms with van der Waals surface area (Å²) in [6.07, 6.45) is 0.116. The molecule has 0 spiro atoms. The Hall–Kier alpha value is -6.06. The first-order chi connectivity index (χ1) is 32.0. The molecule has 29 heteroatoms. The molecule has 3 aromatic carbocycles. The van der Waals surface area contributed by atoms with E-state index in [9.17, 15) is 48.0 Å². The lowest BCUT2D eigenvalue weighted by atomic mass is 10.1. The molecule has 4 aromatic rings. The lowest BCUT2D eigenvalue weighted by Crippen LogP contribution is -2.34. The molecule has 1 aliphatic heterocycles. The van der Waals surface area contributed by atoms with Gasteiger partial charge in [0.15, 0.2) is 5.69 Å². The number of aromatic nitrogens is 2. The van der Waals surface area contributed by atoms with Crippen LogP contribution in [0.5, 0.6) is 5.75 Å². The van der Waals surface area contributed by atoms with Crippen LogP contribution >= 0.6 is 23.5 Å². The number of nitrogens with one attached hydrogen (secondary N) is 2. The number of methoxy groups -OCH3 is 1. The molecule has 1 aliphatic rings. The third kappa shape index (κ3) is 15.8. The monoisotopic (exact) mass is 1010 g/mol. The largest absolute Gasteiger partial charge is 0.494 e. The van der Waals surface area contributed by atoms with E-state index in [2.05, 4.69) is 60.6 Å². The molecule has 4 atom stereocenters. The van der Waals surface area contributed by atoms with Gasteiger partial charge in [0, 0.05) is 43.5 Å². The summed E-state index contributed by atoms with van der Waals surface area (Å²) in [5.74, 6) is 5.35. The number of hydrogen-bond acceptors (Lipinski definition) is 18. The maximum Gasteiger partial charge on any atom is 0.490 e. The van der Waals surface area contributed by atoms with Gasteiger partial charge in [-0.1, -0.05) is 17.9 Å². The van der Waals surface area contributed by atoms with E-state index in [0.717, 1.165) is 22.0 Å². The molecule has 68 heavy (non-hydrogen) atoms. The van der Waals surface area contributed by atoms with Gasteiger partial charge in [0.2, 0.25) is 5.91 Å². The van der Waals surface area contributed by atoms with E-state index < -0.39 is 58.6 Å². The Balaban J connectivity index is 1.08. The molecule has 1 saturated heterocycles. The number of phosphoric ester groups is 1. The average molecular weight is 1010 g/mol. The first-order valence-corrected chi connectivity index (χ1v) is 24.7. The van der Waals surface area contributed by atoms with E-state index in [4.69, 9.17) is 19.3 Å². The minimum Gasteiger partial charge on any atom is -0.494 e. The van der Waals surface area contributed by atoms with E-state index >= 15 is 0 Å². The Labute approximate surface area is 386 Å². The Kier molecular flexibility index (Phi) is 18.1. The molecule has 1 aromatic heterocycles. The van der Waals surface area contributed by atoms with Crippen LogP contribution in [0.2, 0.25) is 0 Å². The van der Waals surface area contributed by atoms with Gasteiger partial charge in [-0.2, -0.15) is 13.7 Å². The number of azo groups is 2. The molecule has 1 fully saturated rings. The zero-order chi connectivity index (χ0) is 49.8. The van der Waals surface area contributed by atoms with Gasteiger partial charge in [0.25, 0.3) is 11.2 Å². The number of carbonyl (C=O) groups is 1. The van der Waals surface area contributed by atoms with E-state index in [1.807, 2.05) is 19.1 Å². The topological polar surface area (TPSA) is 358 Å². The SMILES string of the molecule is CCN(CCCC(=O)NCC#Cc1cn([C@H]2CC[C@@H](COP(=O)(O)OP(=O)(O)OP(=O)(O)O)O2)c(=O)[nH]c1=O)c1ccc(N=Nc2cc(C)c(N=Nc3ccc(C)cc3[N+](=O)[O-])cc2OC)cc1. The van der Waals surface area contributed by atoms with Gasteiger partial charge >= 0.3 is 29.2 Å². The molecule has 2 heterocycles. The summed E-state index contributed by atoms with van der Waals surface area (Å²) < 4.78 is 58.5. The van der Waals surface area contributed by atoms with Crippen molar-refractivity contribution in [1.82, 2.24) is 14.9 Å². The summed E-state index contributed by atoms with van der Waals surface area (Å²) in [7, 11) is -15.2. The lowest BCUT2D eigenvalue weighted by Gasteiger charge is -2.23. The number of ether oxygens (including phenoxy) is 2. The molecule has 0 saturated carbocycles. The van der Waals surface area contributed by atoms with Crippen molar-refractivity contribution in [3.05, 3.63) is 108 Å². The van der Waals surface area contributed by atoms with Crippen molar-refractivity contribution in [2.75, 3.05) is 38.3 Å². The standard InChI is InChI=1S/C39H46N9O17P3/c1-5-46(29-13-11-28(12-14-29)42-45-33-21-26(3)32(22-35(33)61-4)44-43-31-16-10-25(2)20-34(31)48(52)53)19-7-9-36(49)40-18-6-8-27-23-47(39(51)41-38(27)50)37-17-15-30(63-37)24-62-67(57,58)65-68(59,60)64-66(54,55)56/h10-14,16,20-23,30,37H,5,7,9,15,17-19,24H2,1-4H3,(H,40,49)(H,57,58)(H,59,60)(H,41,50,51)(H2,54,55,56)/t30-,37+/m0/s1. The highest BCUT2D eigenvalue weighted by Gasteiger charge is 2.41. The summed E-state index contributed by atoms with van der Waals surface area (Å²) in [5.41, 5.74) is 1.90. The number of nitrogens with zero attached hydrogens (tertiary/aromatic N) is 7. The average Bonchev–Trinajstić information content (AvgIpc) is 3.73. The molecule has 0 bridgehead atoms. The van der Waals surface area contributed by atoms with E-state index in [1.54, 1.807) is 44.2 Å². The maximum absolute atomic E-state index is 12.6. The highest BCUT2D eigenvalue weighted by molar-refractivity contribution is 7.66. The second kappa shape index (κ2) is 23.3. The number of nitro groups is 1. The fourth-order valence-corrected chi connectivity index (χ4v) is 9.43. The van der Waals surface area contributed by atoms with Crippen molar-refractivity contribution in [2.45, 2.75) is 58.8 Å². The third-order valence-electron chi connectivity index (χ3n) is 9.59. The van der Waals surface area contributed by atoms with Gasteiger partial charge in [0.05, 0.1) is 42.7 Å². The molecule has 1 amide bonds. The van der Waals surface area contributed by atoms with Gasteiger partial charge in [-0.3, -0.25) is 33.8 Å². The minimum absolute atomic E-state index is 0.116. The predicted molar refractivity (Wildman–Crippen MR) is 242 cm³/mol. The molecular weight excluding hydrogens is 959 g/mol. The molecular formula is C39H46N9O17P3. The van der Waals surface area contributed by atoms with Crippen molar-refractivity contribution in [1.29, 1.82) is 0 Å². The van der Waals surface area contributed by atoms with Crippen LogP contribution in [0, 0.1) is 35.8 Å². The van der Waals surface area contributed by atoms with Crippen molar-refractivity contribution >= 4 is 63.5 Å². The van der Waals surface area contributed by atoms with Crippen LogP contribution in [0.3, 0.4) is 0 Å². The minimum atomic E-state index is -5.71. The molecule has 6 N–H and O–H groups in total. The summed E-state index contributed by atoms with van der Waals surface area (Å²) in [5, 5.41) is 31.2. The number of benzene rings is 3. The third-order valence-corrected chi connectivity index (χ3v) is 13.4. The van der Waals surface area contributed by atoms with E-state index in [1.165, 1.54) is 19.2 Å². The number of rotatable bonds is 21. The van der Waals surface area contributed by atoms with E-state index in [0.29, 0.717) is 47.9 Å². The Bertz CT molecular complexity index is 2890. The van der Waals surface area contributed by atoms with Gasteiger partial charge in [0.1, 0.15) is 23.2 Å². The van der Waals surface area contributed by atoms with Crippen LogP contribution in [0.25, 0.3) is 0 Å². The summed E-state index contributed by atoms with van der Waals surface area (Å²) in [6, 6.07) is 15.4.